The molecule has 108 valence electrons. The molecule has 0 aliphatic rings. The van der Waals surface area contributed by atoms with E-state index in [0.717, 1.165) is 12.0 Å². The van der Waals surface area contributed by atoms with Crippen LogP contribution < -0.4 is 11.3 Å². The van der Waals surface area contributed by atoms with Crippen molar-refractivity contribution in [2.24, 2.45) is 5.84 Å². The van der Waals surface area contributed by atoms with Crippen LogP contribution in [-0.2, 0) is 17.6 Å². The van der Waals surface area contributed by atoms with E-state index < -0.39 is 12.8 Å². The number of nitrogens with one attached hydrogen (secondary N) is 1. The highest BCUT2D eigenvalue weighted by Gasteiger charge is 2.27. The third kappa shape index (κ3) is 6.56. The normalized spacial score (nSPS) is 13.5. The lowest BCUT2D eigenvalue weighted by Gasteiger charge is -2.17. The van der Waals surface area contributed by atoms with Gasteiger partial charge in [0, 0.05) is 6.04 Å². The minimum absolute atomic E-state index is 0.0778. The smallest absolute Gasteiger partial charge is 0.370 e. The van der Waals surface area contributed by atoms with E-state index in [1.807, 2.05) is 24.3 Å². The van der Waals surface area contributed by atoms with Crippen LogP contribution in [0.5, 0.6) is 0 Å². The van der Waals surface area contributed by atoms with E-state index in [1.165, 1.54) is 5.56 Å². The first kappa shape index (κ1) is 15.9. The summed E-state index contributed by atoms with van der Waals surface area (Å²) in [6.07, 6.45) is -2.83. The Bertz CT molecular complexity index is 365. The average Bonchev–Trinajstić information content (AvgIpc) is 2.37. The summed E-state index contributed by atoms with van der Waals surface area (Å²) in [6.45, 7) is 0.732. The van der Waals surface area contributed by atoms with Crippen LogP contribution in [0, 0.1) is 0 Å². The fourth-order valence-electron chi connectivity index (χ4n) is 1.68. The fourth-order valence-corrected chi connectivity index (χ4v) is 1.68. The number of alkyl halides is 3. The summed E-state index contributed by atoms with van der Waals surface area (Å²) < 4.78 is 40.4. The summed E-state index contributed by atoms with van der Waals surface area (Å²) in [5.74, 6) is 5.32. The van der Waals surface area contributed by atoms with Crippen molar-refractivity contribution in [3.63, 3.8) is 0 Å². The van der Waals surface area contributed by atoms with E-state index in [1.54, 1.807) is 0 Å². The number of nitrogens with two attached hydrogens (primary N) is 1. The molecule has 0 saturated carbocycles. The summed E-state index contributed by atoms with van der Waals surface area (Å²) in [7, 11) is 0. The Morgan fingerprint density at radius 2 is 1.79 bits per heavy atom. The predicted octanol–water partition coefficient (Wildman–Crippen LogP) is 2.20. The van der Waals surface area contributed by atoms with Crippen molar-refractivity contribution in [1.29, 1.82) is 0 Å². The highest BCUT2D eigenvalue weighted by atomic mass is 19.4. The van der Waals surface area contributed by atoms with Crippen LogP contribution in [-0.4, -0.2) is 25.4 Å². The molecule has 1 atom stereocenters. The van der Waals surface area contributed by atoms with Crippen molar-refractivity contribution in [3.05, 3.63) is 35.4 Å². The molecule has 1 aromatic carbocycles. The monoisotopic (exact) mass is 276 g/mol. The van der Waals surface area contributed by atoms with Gasteiger partial charge in [-0.15, -0.1) is 0 Å². The van der Waals surface area contributed by atoms with Crippen LogP contribution >= 0.6 is 0 Å². The molecule has 0 amide bonds. The minimum atomic E-state index is -4.30. The summed E-state index contributed by atoms with van der Waals surface area (Å²) >= 11 is 0. The molecule has 0 aliphatic heterocycles. The van der Waals surface area contributed by atoms with Gasteiger partial charge in [0.05, 0.1) is 6.61 Å². The van der Waals surface area contributed by atoms with Gasteiger partial charge in [-0.1, -0.05) is 31.2 Å². The fraction of sp³-hybridized carbons (Fsp3) is 0.538. The highest BCUT2D eigenvalue weighted by Crippen LogP contribution is 2.15. The quantitative estimate of drug-likeness (QED) is 0.593. The third-order valence-corrected chi connectivity index (χ3v) is 2.73. The molecule has 3 N–H and O–H groups in total. The van der Waals surface area contributed by atoms with Gasteiger partial charge in [0.25, 0.3) is 0 Å². The SMILES string of the molecule is CCc1ccc(CC(COCC(F)(F)F)NN)cc1. The van der Waals surface area contributed by atoms with Crippen molar-refractivity contribution in [1.82, 2.24) is 5.43 Å². The van der Waals surface area contributed by atoms with Gasteiger partial charge in [0.2, 0.25) is 0 Å². The van der Waals surface area contributed by atoms with E-state index in [9.17, 15) is 13.2 Å². The van der Waals surface area contributed by atoms with Gasteiger partial charge in [-0.25, -0.2) is 0 Å². The standard InChI is InChI=1S/C13H19F3N2O/c1-2-10-3-5-11(6-4-10)7-12(18-17)8-19-9-13(14,15)16/h3-6,12,18H,2,7-9,17H2,1H3. The minimum Gasteiger partial charge on any atom is -0.370 e. The van der Waals surface area contributed by atoms with E-state index in [2.05, 4.69) is 17.1 Å². The third-order valence-electron chi connectivity index (χ3n) is 2.73. The second kappa shape index (κ2) is 7.47. The number of ether oxygens (including phenoxy) is 1. The highest BCUT2D eigenvalue weighted by molar-refractivity contribution is 5.23. The Balaban J connectivity index is 2.42. The van der Waals surface area contributed by atoms with Gasteiger partial charge in [-0.2, -0.15) is 13.2 Å². The molecule has 19 heavy (non-hydrogen) atoms. The first-order valence-electron chi connectivity index (χ1n) is 6.13. The molecule has 0 radical (unpaired) electrons. The molecule has 0 spiro atoms. The van der Waals surface area contributed by atoms with Crippen LogP contribution in [0.3, 0.4) is 0 Å². The summed E-state index contributed by atoms with van der Waals surface area (Å²) in [5, 5.41) is 0. The Morgan fingerprint density at radius 3 is 2.26 bits per heavy atom. The second-order valence-corrected chi connectivity index (χ2v) is 4.37. The van der Waals surface area contributed by atoms with Crippen molar-refractivity contribution in [2.45, 2.75) is 32.0 Å². The number of benzene rings is 1. The molecule has 0 bridgehead atoms. The number of halogens is 3. The van der Waals surface area contributed by atoms with Crippen LogP contribution in [0.2, 0.25) is 0 Å². The first-order chi connectivity index (χ1) is 8.94. The largest absolute Gasteiger partial charge is 0.411 e. The lowest BCUT2D eigenvalue weighted by Crippen LogP contribution is -2.41. The molecular weight excluding hydrogens is 257 g/mol. The maximum Gasteiger partial charge on any atom is 0.411 e. The van der Waals surface area contributed by atoms with Crippen molar-refractivity contribution in [2.75, 3.05) is 13.2 Å². The molecule has 0 fully saturated rings. The summed E-state index contributed by atoms with van der Waals surface area (Å²) in [6, 6.07) is 7.56. The van der Waals surface area contributed by atoms with Gasteiger partial charge in [0.1, 0.15) is 6.61 Å². The van der Waals surface area contributed by atoms with Crippen LogP contribution in [0.25, 0.3) is 0 Å². The molecule has 0 aliphatic carbocycles. The Hall–Kier alpha value is -1.11. The summed E-state index contributed by atoms with van der Waals surface area (Å²) in [5.41, 5.74) is 4.70. The van der Waals surface area contributed by atoms with Crippen molar-refractivity contribution < 1.29 is 17.9 Å². The Morgan fingerprint density at radius 1 is 1.21 bits per heavy atom. The maximum absolute atomic E-state index is 11.9. The van der Waals surface area contributed by atoms with E-state index in [4.69, 9.17) is 5.84 Å². The lowest BCUT2D eigenvalue weighted by atomic mass is 10.0. The Labute approximate surface area is 110 Å². The average molecular weight is 276 g/mol. The zero-order chi connectivity index (χ0) is 14.3. The first-order valence-corrected chi connectivity index (χ1v) is 6.13. The van der Waals surface area contributed by atoms with E-state index in [-0.39, 0.29) is 12.6 Å². The summed E-state index contributed by atoms with van der Waals surface area (Å²) in [4.78, 5) is 0. The van der Waals surface area contributed by atoms with Crippen LogP contribution in [0.1, 0.15) is 18.1 Å². The molecule has 0 aromatic heterocycles. The van der Waals surface area contributed by atoms with E-state index >= 15 is 0 Å². The molecule has 0 saturated heterocycles. The van der Waals surface area contributed by atoms with Gasteiger partial charge in [-0.3, -0.25) is 11.3 Å². The number of rotatable bonds is 7. The molecular formula is C13H19F3N2O. The van der Waals surface area contributed by atoms with E-state index in [0.29, 0.717) is 6.42 Å². The maximum atomic E-state index is 11.9. The number of aryl methyl sites for hydroxylation is 1. The topological polar surface area (TPSA) is 47.3 Å². The molecule has 1 aromatic rings. The van der Waals surface area contributed by atoms with Crippen molar-refractivity contribution >= 4 is 0 Å². The zero-order valence-corrected chi connectivity index (χ0v) is 10.8. The second-order valence-electron chi connectivity index (χ2n) is 4.37. The van der Waals surface area contributed by atoms with Gasteiger partial charge in [-0.05, 0) is 24.0 Å². The number of hydrogen-bond acceptors (Lipinski definition) is 3. The molecule has 0 heterocycles. The lowest BCUT2D eigenvalue weighted by molar-refractivity contribution is -0.175. The molecule has 1 unspecified atom stereocenters. The van der Waals surface area contributed by atoms with Gasteiger partial charge < -0.3 is 4.74 Å². The predicted molar refractivity (Wildman–Crippen MR) is 67.5 cm³/mol. The number of hydrazine groups is 1. The van der Waals surface area contributed by atoms with Crippen molar-refractivity contribution in [3.8, 4) is 0 Å². The molecule has 3 nitrogen and oxygen atoms in total. The number of hydrogen-bond donors (Lipinski definition) is 2. The Kier molecular flexibility index (Phi) is 6.27. The molecule has 6 heteroatoms. The zero-order valence-electron chi connectivity index (χ0n) is 10.8. The van der Waals surface area contributed by atoms with Crippen LogP contribution in [0.4, 0.5) is 13.2 Å². The van der Waals surface area contributed by atoms with Gasteiger partial charge >= 0.3 is 6.18 Å². The van der Waals surface area contributed by atoms with Gasteiger partial charge in [0.15, 0.2) is 0 Å². The van der Waals surface area contributed by atoms with Crippen LogP contribution in [0.15, 0.2) is 24.3 Å². The molecule has 1 rings (SSSR count).